The molecule has 0 bridgehead atoms. The third-order valence-electron chi connectivity index (χ3n) is 1.03. The fourth-order valence-electron chi connectivity index (χ4n) is 0.568. The Bertz CT molecular complexity index is 143. The Morgan fingerprint density at radius 1 is 1.55 bits per heavy atom. The van der Waals surface area contributed by atoms with E-state index >= 15 is 0 Å². The number of hydrogen-bond donors (Lipinski definition) is 1. The number of allylic oxidation sites excluding steroid dienone is 2. The Morgan fingerprint density at radius 2 is 2.09 bits per heavy atom. The average molecular weight is 166 g/mol. The molecule has 0 saturated carbocycles. The maximum Gasteiger partial charge on any atom is 1.00 e. The summed E-state index contributed by atoms with van der Waals surface area (Å²) in [5, 5.41) is 18.7. The maximum absolute atomic E-state index is 9.86. The zero-order chi connectivity index (χ0) is 7.98. The predicted molar refractivity (Wildman–Crippen MR) is 35.2 cm³/mol. The van der Waals surface area contributed by atoms with Crippen LogP contribution in [0.1, 0.15) is 26.2 Å². The standard InChI is InChI=1S/C7H12O3.Na/c1-2-3-6(8)4-5-7(9)10;/h3,8H,2,4-5H2,1H3,(H,9,10);/q;+1/p-1. The minimum Gasteiger partial charge on any atom is -0.550 e. The van der Waals surface area contributed by atoms with E-state index in [9.17, 15) is 9.90 Å². The molecule has 11 heavy (non-hydrogen) atoms. The summed E-state index contributed by atoms with van der Waals surface area (Å²) in [4.78, 5) is 9.86. The molecular weight excluding hydrogens is 155 g/mol. The van der Waals surface area contributed by atoms with E-state index in [-0.39, 0.29) is 48.2 Å². The predicted octanol–water partition coefficient (Wildman–Crippen LogP) is -2.63. The van der Waals surface area contributed by atoms with Gasteiger partial charge in [-0.1, -0.05) is 6.92 Å². The Balaban J connectivity index is 0. The van der Waals surface area contributed by atoms with Crippen molar-refractivity contribution >= 4 is 5.97 Å². The van der Waals surface area contributed by atoms with Crippen LogP contribution in [0.4, 0.5) is 0 Å². The van der Waals surface area contributed by atoms with Gasteiger partial charge in [0.2, 0.25) is 0 Å². The second-order valence-electron chi connectivity index (χ2n) is 1.98. The van der Waals surface area contributed by atoms with E-state index in [1.807, 2.05) is 6.92 Å². The van der Waals surface area contributed by atoms with E-state index in [1.165, 1.54) is 0 Å². The van der Waals surface area contributed by atoms with Crippen molar-refractivity contribution in [1.29, 1.82) is 0 Å². The molecule has 3 nitrogen and oxygen atoms in total. The molecule has 0 aromatic heterocycles. The van der Waals surface area contributed by atoms with Crippen molar-refractivity contribution in [3.63, 3.8) is 0 Å². The van der Waals surface area contributed by atoms with Crippen LogP contribution in [0.3, 0.4) is 0 Å². The van der Waals surface area contributed by atoms with Crippen LogP contribution in [0.15, 0.2) is 11.8 Å². The van der Waals surface area contributed by atoms with Crippen LogP contribution in [-0.2, 0) is 4.79 Å². The monoisotopic (exact) mass is 166 g/mol. The minimum absolute atomic E-state index is 0. The molecule has 0 unspecified atom stereocenters. The van der Waals surface area contributed by atoms with Crippen LogP contribution in [0.5, 0.6) is 0 Å². The SMILES string of the molecule is CCC=C(O)CCC(=O)[O-].[Na+]. The van der Waals surface area contributed by atoms with E-state index in [0.717, 1.165) is 6.42 Å². The van der Waals surface area contributed by atoms with Crippen LogP contribution in [-0.4, -0.2) is 11.1 Å². The molecule has 0 amide bonds. The summed E-state index contributed by atoms with van der Waals surface area (Å²) in [5.74, 6) is -0.997. The van der Waals surface area contributed by atoms with Crippen LogP contribution < -0.4 is 34.7 Å². The number of aliphatic hydroxyl groups is 1. The van der Waals surface area contributed by atoms with E-state index in [2.05, 4.69) is 0 Å². The molecule has 0 saturated heterocycles. The fourth-order valence-corrected chi connectivity index (χ4v) is 0.568. The molecule has 58 valence electrons. The third kappa shape index (κ3) is 10.0. The zero-order valence-electron chi connectivity index (χ0n) is 6.96. The van der Waals surface area contributed by atoms with Crippen molar-refractivity contribution in [1.82, 2.24) is 0 Å². The van der Waals surface area contributed by atoms with Gasteiger partial charge < -0.3 is 15.0 Å². The van der Waals surface area contributed by atoms with Gasteiger partial charge in [-0.15, -0.1) is 0 Å². The number of hydrogen-bond acceptors (Lipinski definition) is 3. The fraction of sp³-hybridized carbons (Fsp3) is 0.571. The molecule has 0 aliphatic carbocycles. The third-order valence-corrected chi connectivity index (χ3v) is 1.03. The Morgan fingerprint density at radius 3 is 2.45 bits per heavy atom. The van der Waals surface area contributed by atoms with Gasteiger partial charge in [0.1, 0.15) is 0 Å². The molecule has 0 aliphatic rings. The smallest absolute Gasteiger partial charge is 0.550 e. The van der Waals surface area contributed by atoms with Crippen molar-refractivity contribution in [2.75, 3.05) is 0 Å². The summed E-state index contributed by atoms with van der Waals surface area (Å²) in [5.41, 5.74) is 0. The van der Waals surface area contributed by atoms with Gasteiger partial charge in [0, 0.05) is 12.4 Å². The first-order valence-corrected chi connectivity index (χ1v) is 3.24. The molecular formula is C7H11NaO3. The number of aliphatic hydroxyl groups excluding tert-OH is 1. The number of carbonyl (C=O) groups excluding carboxylic acids is 1. The minimum atomic E-state index is -1.13. The summed E-state index contributed by atoms with van der Waals surface area (Å²) in [6.07, 6.45) is 2.38. The van der Waals surface area contributed by atoms with Crippen LogP contribution in [0.25, 0.3) is 0 Å². The molecule has 0 heterocycles. The van der Waals surface area contributed by atoms with Gasteiger partial charge in [-0.05, 0) is 18.9 Å². The normalized spacial score (nSPS) is 10.5. The maximum atomic E-state index is 9.86. The summed E-state index contributed by atoms with van der Waals surface area (Å²) < 4.78 is 0. The molecule has 0 spiro atoms. The number of carboxylic acid groups (broad SMARTS) is 1. The van der Waals surface area contributed by atoms with Gasteiger partial charge >= 0.3 is 29.6 Å². The average Bonchev–Trinajstić information content (AvgIpc) is 1.85. The number of rotatable bonds is 4. The molecule has 1 N–H and O–H groups in total. The van der Waals surface area contributed by atoms with Crippen molar-refractivity contribution < 1.29 is 44.6 Å². The molecule has 0 rings (SSSR count). The van der Waals surface area contributed by atoms with Crippen LogP contribution in [0, 0.1) is 0 Å². The van der Waals surface area contributed by atoms with Crippen molar-refractivity contribution in [3.8, 4) is 0 Å². The Kier molecular flexibility index (Phi) is 10.0. The largest absolute Gasteiger partial charge is 1.00 e. The van der Waals surface area contributed by atoms with Gasteiger partial charge in [0.25, 0.3) is 0 Å². The molecule has 0 atom stereocenters. The summed E-state index contributed by atoms with van der Waals surface area (Å²) in [6, 6.07) is 0. The second kappa shape index (κ2) is 8.11. The van der Waals surface area contributed by atoms with Crippen LogP contribution in [0.2, 0.25) is 0 Å². The number of carboxylic acids is 1. The summed E-state index contributed by atoms with van der Waals surface area (Å²) in [6.45, 7) is 1.87. The van der Waals surface area contributed by atoms with E-state index in [4.69, 9.17) is 5.11 Å². The first-order valence-electron chi connectivity index (χ1n) is 3.24. The van der Waals surface area contributed by atoms with Crippen molar-refractivity contribution in [3.05, 3.63) is 11.8 Å². The van der Waals surface area contributed by atoms with Crippen molar-refractivity contribution in [2.45, 2.75) is 26.2 Å². The quantitative estimate of drug-likeness (QED) is 0.367. The van der Waals surface area contributed by atoms with E-state index in [1.54, 1.807) is 6.08 Å². The Hall–Kier alpha value is 0.0100. The Labute approximate surface area is 88.4 Å². The molecule has 0 aliphatic heterocycles. The van der Waals surface area contributed by atoms with Gasteiger partial charge in [0.05, 0.1) is 5.76 Å². The molecule has 0 aromatic carbocycles. The topological polar surface area (TPSA) is 60.4 Å². The zero-order valence-corrected chi connectivity index (χ0v) is 8.96. The van der Waals surface area contributed by atoms with E-state index in [0.29, 0.717) is 0 Å². The van der Waals surface area contributed by atoms with Gasteiger partial charge in [0.15, 0.2) is 0 Å². The first kappa shape index (κ1) is 13.6. The van der Waals surface area contributed by atoms with Crippen LogP contribution >= 0.6 is 0 Å². The molecule has 0 radical (unpaired) electrons. The number of carbonyl (C=O) groups is 1. The van der Waals surface area contributed by atoms with Gasteiger partial charge in [-0.3, -0.25) is 0 Å². The van der Waals surface area contributed by atoms with Gasteiger partial charge in [-0.2, -0.15) is 0 Å². The molecule has 0 aromatic rings. The summed E-state index contributed by atoms with van der Waals surface area (Å²) in [7, 11) is 0. The van der Waals surface area contributed by atoms with Gasteiger partial charge in [-0.25, -0.2) is 0 Å². The first-order chi connectivity index (χ1) is 4.66. The molecule has 4 heteroatoms. The second-order valence-corrected chi connectivity index (χ2v) is 1.98. The summed E-state index contributed by atoms with van der Waals surface area (Å²) >= 11 is 0. The molecule has 0 fully saturated rings. The van der Waals surface area contributed by atoms with E-state index < -0.39 is 5.97 Å². The van der Waals surface area contributed by atoms with Crippen molar-refractivity contribution in [2.24, 2.45) is 0 Å². The number of aliphatic carboxylic acids is 1.